The Bertz CT molecular complexity index is 886. The fraction of sp³-hybridized carbons (Fsp3) is 0.263. The largest absolute Gasteiger partial charge is 0.482 e. The number of hydrogen-bond donors (Lipinski definition) is 1. The van der Waals surface area contributed by atoms with E-state index in [1.807, 2.05) is 6.92 Å². The zero-order valence-corrected chi connectivity index (χ0v) is 16.4. The number of esters is 2. The highest BCUT2D eigenvalue weighted by Crippen LogP contribution is 2.32. The molecular formula is C19H19NO7S. The van der Waals surface area contributed by atoms with Gasteiger partial charge in [0, 0.05) is 10.4 Å². The average Bonchev–Trinajstić information content (AvgIpc) is 2.97. The molecule has 0 spiro atoms. The Morgan fingerprint density at radius 2 is 1.79 bits per heavy atom. The molecule has 0 aliphatic heterocycles. The second-order valence-corrected chi connectivity index (χ2v) is 6.89. The van der Waals surface area contributed by atoms with E-state index in [1.165, 1.54) is 18.4 Å². The van der Waals surface area contributed by atoms with Gasteiger partial charge in [0.1, 0.15) is 17.0 Å². The maximum absolute atomic E-state index is 12.0. The van der Waals surface area contributed by atoms with Gasteiger partial charge in [0.05, 0.1) is 12.7 Å². The molecule has 0 bridgehead atoms. The number of hydrogen-bond acceptors (Lipinski definition) is 8. The highest BCUT2D eigenvalue weighted by Gasteiger charge is 2.22. The number of benzene rings is 1. The minimum absolute atomic E-state index is 0.284. The van der Waals surface area contributed by atoms with Crippen LogP contribution in [-0.4, -0.2) is 44.5 Å². The lowest BCUT2D eigenvalue weighted by molar-refractivity contribution is -0.149. The van der Waals surface area contributed by atoms with Crippen molar-refractivity contribution in [3.8, 4) is 5.75 Å². The Labute approximate surface area is 165 Å². The van der Waals surface area contributed by atoms with Crippen LogP contribution in [0.15, 0.2) is 24.3 Å². The SMILES string of the molecule is COC(=O)c1c(NC(=O)COC(=O)COc2ccc(C=O)cc2)sc(C)c1C. The van der Waals surface area contributed by atoms with Crippen LogP contribution in [0, 0.1) is 13.8 Å². The molecule has 1 N–H and O–H groups in total. The Kier molecular flexibility index (Phi) is 7.28. The third kappa shape index (κ3) is 5.40. The molecule has 1 aromatic heterocycles. The molecular weight excluding hydrogens is 386 g/mol. The minimum Gasteiger partial charge on any atom is -0.482 e. The van der Waals surface area contributed by atoms with Crippen molar-refractivity contribution in [1.29, 1.82) is 0 Å². The van der Waals surface area contributed by atoms with Crippen LogP contribution in [0.25, 0.3) is 0 Å². The van der Waals surface area contributed by atoms with Gasteiger partial charge < -0.3 is 19.5 Å². The first-order valence-corrected chi connectivity index (χ1v) is 8.99. The molecule has 28 heavy (non-hydrogen) atoms. The van der Waals surface area contributed by atoms with Gasteiger partial charge in [0.15, 0.2) is 13.2 Å². The fourth-order valence-corrected chi connectivity index (χ4v) is 3.26. The van der Waals surface area contributed by atoms with Gasteiger partial charge in [-0.2, -0.15) is 0 Å². The van der Waals surface area contributed by atoms with E-state index in [4.69, 9.17) is 14.2 Å². The second kappa shape index (κ2) is 9.65. The lowest BCUT2D eigenvalue weighted by Crippen LogP contribution is -2.24. The van der Waals surface area contributed by atoms with Gasteiger partial charge >= 0.3 is 11.9 Å². The number of ether oxygens (including phenoxy) is 3. The number of thiophene rings is 1. The van der Waals surface area contributed by atoms with Crippen molar-refractivity contribution in [3.63, 3.8) is 0 Å². The molecule has 2 rings (SSSR count). The van der Waals surface area contributed by atoms with Gasteiger partial charge in [-0.3, -0.25) is 9.59 Å². The number of aldehydes is 1. The van der Waals surface area contributed by atoms with Gasteiger partial charge in [0.2, 0.25) is 0 Å². The monoisotopic (exact) mass is 405 g/mol. The van der Waals surface area contributed by atoms with E-state index in [-0.39, 0.29) is 5.56 Å². The zero-order chi connectivity index (χ0) is 20.7. The number of rotatable bonds is 8. The van der Waals surface area contributed by atoms with Gasteiger partial charge in [-0.05, 0) is 43.7 Å². The van der Waals surface area contributed by atoms with Crippen LogP contribution in [-0.2, 0) is 19.1 Å². The summed E-state index contributed by atoms with van der Waals surface area (Å²) in [4.78, 5) is 47.1. The lowest BCUT2D eigenvalue weighted by Gasteiger charge is -2.08. The van der Waals surface area contributed by atoms with Crippen LogP contribution in [0.2, 0.25) is 0 Å². The third-order valence-electron chi connectivity index (χ3n) is 3.76. The molecule has 148 valence electrons. The van der Waals surface area contributed by atoms with E-state index < -0.39 is 31.1 Å². The Morgan fingerprint density at radius 3 is 2.39 bits per heavy atom. The van der Waals surface area contributed by atoms with E-state index >= 15 is 0 Å². The standard InChI is InChI=1S/C19H19NO7S/c1-11-12(2)28-18(17(11)19(24)25-3)20-15(22)9-27-16(23)10-26-14-6-4-13(8-21)5-7-14/h4-8H,9-10H2,1-3H3,(H,20,22). The summed E-state index contributed by atoms with van der Waals surface area (Å²) in [5, 5.41) is 2.90. The summed E-state index contributed by atoms with van der Waals surface area (Å²) >= 11 is 1.24. The Balaban J connectivity index is 1.85. The van der Waals surface area contributed by atoms with Crippen LogP contribution in [0.1, 0.15) is 31.2 Å². The molecule has 0 radical (unpaired) electrons. The molecule has 0 saturated carbocycles. The summed E-state index contributed by atoms with van der Waals surface area (Å²) in [6.07, 6.45) is 0.693. The second-order valence-electron chi connectivity index (χ2n) is 5.66. The zero-order valence-electron chi connectivity index (χ0n) is 15.6. The van der Waals surface area contributed by atoms with Crippen LogP contribution in [0.5, 0.6) is 5.75 Å². The first-order valence-electron chi connectivity index (χ1n) is 8.17. The highest BCUT2D eigenvalue weighted by molar-refractivity contribution is 7.16. The molecule has 1 heterocycles. The molecule has 0 aliphatic rings. The first-order chi connectivity index (χ1) is 13.3. The number of nitrogens with one attached hydrogen (secondary N) is 1. The molecule has 2 aromatic rings. The van der Waals surface area contributed by atoms with Gasteiger partial charge in [-0.25, -0.2) is 9.59 Å². The smallest absolute Gasteiger partial charge is 0.344 e. The third-order valence-corrected chi connectivity index (χ3v) is 4.89. The van der Waals surface area contributed by atoms with Crippen molar-refractivity contribution < 1.29 is 33.4 Å². The van der Waals surface area contributed by atoms with Gasteiger partial charge in [-0.15, -0.1) is 11.3 Å². The maximum atomic E-state index is 12.0. The number of aryl methyl sites for hydroxylation is 1. The maximum Gasteiger partial charge on any atom is 0.344 e. The van der Waals surface area contributed by atoms with Gasteiger partial charge in [0.25, 0.3) is 5.91 Å². The van der Waals surface area contributed by atoms with Crippen molar-refractivity contribution >= 4 is 40.5 Å². The number of methoxy groups -OCH3 is 1. The molecule has 0 fully saturated rings. The molecule has 0 aliphatic carbocycles. The number of carbonyl (C=O) groups excluding carboxylic acids is 4. The topological polar surface area (TPSA) is 108 Å². The number of amides is 1. The van der Waals surface area contributed by atoms with Crippen molar-refractivity contribution in [3.05, 3.63) is 45.8 Å². The summed E-state index contributed by atoms with van der Waals surface area (Å²) in [6, 6.07) is 6.18. The van der Waals surface area contributed by atoms with Crippen LogP contribution in [0.3, 0.4) is 0 Å². The predicted molar refractivity (Wildman–Crippen MR) is 102 cm³/mol. The van der Waals surface area contributed by atoms with Gasteiger partial charge in [-0.1, -0.05) is 0 Å². The van der Waals surface area contributed by atoms with Crippen molar-refractivity contribution in [2.45, 2.75) is 13.8 Å². The highest BCUT2D eigenvalue weighted by atomic mass is 32.1. The van der Waals surface area contributed by atoms with Crippen LogP contribution >= 0.6 is 11.3 Å². The predicted octanol–water partition coefficient (Wildman–Crippen LogP) is 2.52. The molecule has 1 amide bonds. The summed E-state index contributed by atoms with van der Waals surface area (Å²) < 4.78 is 14.8. The van der Waals surface area contributed by atoms with E-state index in [9.17, 15) is 19.2 Å². The van der Waals surface area contributed by atoms with Crippen LogP contribution < -0.4 is 10.1 Å². The summed E-state index contributed by atoms with van der Waals surface area (Å²) in [5.41, 5.74) is 1.49. The molecule has 8 nitrogen and oxygen atoms in total. The molecule has 0 atom stereocenters. The summed E-state index contributed by atoms with van der Waals surface area (Å²) in [5.74, 6) is -1.49. The molecule has 0 saturated heterocycles. The first kappa shape index (κ1) is 21.1. The molecule has 9 heteroatoms. The Hall–Kier alpha value is -3.20. The number of carbonyl (C=O) groups is 4. The summed E-state index contributed by atoms with van der Waals surface area (Å²) in [6.45, 7) is 2.66. The lowest BCUT2D eigenvalue weighted by atomic mass is 10.1. The van der Waals surface area contributed by atoms with E-state index in [0.29, 0.717) is 22.6 Å². The van der Waals surface area contributed by atoms with Crippen molar-refractivity contribution in [2.75, 3.05) is 25.6 Å². The van der Waals surface area contributed by atoms with E-state index in [1.54, 1.807) is 31.2 Å². The minimum atomic E-state index is -0.735. The summed E-state index contributed by atoms with van der Waals surface area (Å²) in [7, 11) is 1.26. The number of anilines is 1. The molecule has 1 aromatic carbocycles. The van der Waals surface area contributed by atoms with Crippen LogP contribution in [0.4, 0.5) is 5.00 Å². The average molecular weight is 405 g/mol. The normalized spacial score (nSPS) is 10.1. The van der Waals surface area contributed by atoms with Crippen molar-refractivity contribution in [2.24, 2.45) is 0 Å². The Morgan fingerprint density at radius 1 is 1.11 bits per heavy atom. The molecule has 0 unspecified atom stereocenters. The van der Waals surface area contributed by atoms with E-state index in [0.717, 1.165) is 10.4 Å². The quantitative estimate of drug-likeness (QED) is 0.531. The fourth-order valence-electron chi connectivity index (χ4n) is 2.20. The van der Waals surface area contributed by atoms with E-state index in [2.05, 4.69) is 5.32 Å². The van der Waals surface area contributed by atoms with Crippen molar-refractivity contribution in [1.82, 2.24) is 0 Å².